The third-order valence-corrected chi connectivity index (χ3v) is 6.83. The van der Waals surface area contributed by atoms with Gasteiger partial charge in [-0.3, -0.25) is 0 Å². The number of hydrogen-bond acceptors (Lipinski definition) is 5. The molecular weight excluding hydrogens is 353 g/mol. The van der Waals surface area contributed by atoms with Crippen molar-refractivity contribution in [3.8, 4) is 5.75 Å². The molecule has 5 nitrogen and oxygen atoms in total. The van der Waals surface area contributed by atoms with E-state index in [1.807, 2.05) is 13.8 Å². The predicted molar refractivity (Wildman–Crippen MR) is 111 cm³/mol. The number of likely N-dealkylation sites (tertiary alicyclic amines) is 1. The maximum Gasteiger partial charge on any atom is 0.494 e. The van der Waals surface area contributed by atoms with Gasteiger partial charge in [-0.2, -0.15) is 0 Å². The average molecular weight is 387 g/mol. The molecule has 2 fully saturated rings. The lowest BCUT2D eigenvalue weighted by Gasteiger charge is -2.40. The van der Waals surface area contributed by atoms with Gasteiger partial charge < -0.3 is 24.1 Å². The number of fused-ring (bicyclic) bond motifs is 1. The zero-order valence-corrected chi connectivity index (χ0v) is 18.2. The molecule has 0 unspecified atom stereocenters. The monoisotopic (exact) mass is 387 g/mol. The van der Waals surface area contributed by atoms with Crippen molar-refractivity contribution in [1.82, 2.24) is 4.90 Å². The number of ether oxygens (including phenoxy) is 1. The van der Waals surface area contributed by atoms with Crippen molar-refractivity contribution in [1.29, 1.82) is 0 Å². The Labute approximate surface area is 169 Å². The summed E-state index contributed by atoms with van der Waals surface area (Å²) in [5, 5.41) is 10.1. The van der Waals surface area contributed by atoms with Gasteiger partial charge in [-0.1, -0.05) is 12.1 Å². The Morgan fingerprint density at radius 3 is 2.25 bits per heavy atom. The van der Waals surface area contributed by atoms with E-state index >= 15 is 0 Å². The zero-order valence-electron chi connectivity index (χ0n) is 18.2. The Morgan fingerprint density at radius 2 is 1.68 bits per heavy atom. The van der Waals surface area contributed by atoms with Gasteiger partial charge in [0.05, 0.1) is 16.8 Å². The summed E-state index contributed by atoms with van der Waals surface area (Å²) >= 11 is 0. The lowest BCUT2D eigenvalue weighted by atomic mass is 9.77. The van der Waals surface area contributed by atoms with Crippen molar-refractivity contribution in [2.45, 2.75) is 83.2 Å². The van der Waals surface area contributed by atoms with Crippen LogP contribution >= 0.6 is 0 Å². The van der Waals surface area contributed by atoms with Crippen molar-refractivity contribution in [2.24, 2.45) is 0 Å². The number of nitrogens with zero attached hydrogens (tertiary/aromatic N) is 1. The smallest absolute Gasteiger partial charge is 0.487 e. The molecule has 3 heterocycles. The second kappa shape index (κ2) is 6.46. The first-order valence-corrected chi connectivity index (χ1v) is 10.5. The molecule has 6 heteroatoms. The summed E-state index contributed by atoms with van der Waals surface area (Å²) < 4.78 is 18.9. The standard InChI is InChI=1S/C22H34BNO4/c1-19(2,25)15-24-11-9-22(10-12-24)14-16-13-17(7-8-18(16)26-22)23-27-20(3,4)21(5,6)28-23/h7-8,13,25H,9-12,14-15H2,1-6H3. The lowest BCUT2D eigenvalue weighted by Crippen LogP contribution is -2.50. The average Bonchev–Trinajstić information content (AvgIpc) is 3.02. The number of aliphatic hydroxyl groups is 1. The summed E-state index contributed by atoms with van der Waals surface area (Å²) in [5.41, 5.74) is 0.902. The molecule has 2 saturated heterocycles. The molecule has 154 valence electrons. The molecule has 1 aromatic carbocycles. The first kappa shape index (κ1) is 20.2. The number of β-amino-alcohol motifs (C(OH)–C–C–N with tert-alkyl or cyclic N) is 1. The van der Waals surface area contributed by atoms with Gasteiger partial charge in [0.1, 0.15) is 11.4 Å². The van der Waals surface area contributed by atoms with Crippen LogP contribution in [0.2, 0.25) is 0 Å². The van der Waals surface area contributed by atoms with Crippen LogP contribution in [0, 0.1) is 0 Å². The molecule has 3 aliphatic heterocycles. The summed E-state index contributed by atoms with van der Waals surface area (Å²) in [4.78, 5) is 2.34. The van der Waals surface area contributed by atoms with Gasteiger partial charge >= 0.3 is 7.12 Å². The molecule has 1 N–H and O–H groups in total. The fraction of sp³-hybridized carbons (Fsp3) is 0.727. The molecule has 0 radical (unpaired) electrons. The summed E-state index contributed by atoms with van der Waals surface area (Å²) in [6, 6.07) is 6.35. The molecule has 3 aliphatic rings. The topological polar surface area (TPSA) is 51.2 Å². The highest BCUT2D eigenvalue weighted by molar-refractivity contribution is 6.62. The maximum atomic E-state index is 10.1. The molecule has 1 spiro atoms. The molecule has 0 saturated carbocycles. The van der Waals surface area contributed by atoms with E-state index in [9.17, 15) is 5.11 Å². The second-order valence-electron chi connectivity index (χ2n) is 10.5. The van der Waals surface area contributed by atoms with Crippen LogP contribution in [0.15, 0.2) is 18.2 Å². The Balaban J connectivity index is 1.44. The highest BCUT2D eigenvalue weighted by Gasteiger charge is 2.52. The molecule has 28 heavy (non-hydrogen) atoms. The largest absolute Gasteiger partial charge is 0.494 e. The third kappa shape index (κ3) is 3.72. The Morgan fingerprint density at radius 1 is 1.07 bits per heavy atom. The molecule has 0 bridgehead atoms. The second-order valence-corrected chi connectivity index (χ2v) is 10.5. The van der Waals surface area contributed by atoms with Gasteiger partial charge in [-0.15, -0.1) is 0 Å². The van der Waals surface area contributed by atoms with E-state index in [2.05, 4.69) is 50.8 Å². The van der Waals surface area contributed by atoms with Crippen LogP contribution in [0.4, 0.5) is 0 Å². The van der Waals surface area contributed by atoms with Crippen LogP contribution in [-0.4, -0.2) is 59.2 Å². The summed E-state index contributed by atoms with van der Waals surface area (Å²) in [6.45, 7) is 14.7. The van der Waals surface area contributed by atoms with E-state index in [4.69, 9.17) is 14.0 Å². The summed E-state index contributed by atoms with van der Waals surface area (Å²) in [6.07, 6.45) is 2.92. The highest BCUT2D eigenvalue weighted by Crippen LogP contribution is 2.42. The maximum absolute atomic E-state index is 10.1. The summed E-state index contributed by atoms with van der Waals surface area (Å²) in [7, 11) is -0.333. The quantitative estimate of drug-likeness (QED) is 0.808. The van der Waals surface area contributed by atoms with Gasteiger partial charge in [0.25, 0.3) is 0 Å². The molecule has 4 rings (SSSR count). The van der Waals surface area contributed by atoms with Gasteiger partial charge in [0, 0.05) is 38.9 Å². The zero-order chi connectivity index (χ0) is 20.4. The van der Waals surface area contributed by atoms with Crippen LogP contribution in [0.1, 0.15) is 59.9 Å². The Hall–Kier alpha value is -1.08. The van der Waals surface area contributed by atoms with Gasteiger partial charge in [0.15, 0.2) is 0 Å². The van der Waals surface area contributed by atoms with Crippen molar-refractivity contribution < 1.29 is 19.2 Å². The van der Waals surface area contributed by atoms with Crippen molar-refractivity contribution in [2.75, 3.05) is 19.6 Å². The fourth-order valence-electron chi connectivity index (χ4n) is 4.52. The minimum atomic E-state index is -0.651. The minimum Gasteiger partial charge on any atom is -0.487 e. The third-order valence-electron chi connectivity index (χ3n) is 6.83. The molecule has 0 amide bonds. The molecule has 0 aliphatic carbocycles. The fourth-order valence-corrected chi connectivity index (χ4v) is 4.52. The number of piperidine rings is 1. The molecule has 0 aromatic heterocycles. The summed E-state index contributed by atoms with van der Waals surface area (Å²) in [5.74, 6) is 0.996. The number of hydrogen-bond donors (Lipinski definition) is 1. The van der Waals surface area contributed by atoms with E-state index < -0.39 is 5.60 Å². The van der Waals surface area contributed by atoms with E-state index in [0.717, 1.165) is 43.6 Å². The Kier molecular flexibility index (Phi) is 4.66. The van der Waals surface area contributed by atoms with Crippen LogP contribution in [0.3, 0.4) is 0 Å². The van der Waals surface area contributed by atoms with Crippen molar-refractivity contribution in [3.63, 3.8) is 0 Å². The van der Waals surface area contributed by atoms with Crippen LogP contribution in [0.25, 0.3) is 0 Å². The molecular formula is C22H34BNO4. The van der Waals surface area contributed by atoms with E-state index in [1.54, 1.807) is 0 Å². The lowest BCUT2D eigenvalue weighted by molar-refractivity contribution is -0.0167. The van der Waals surface area contributed by atoms with E-state index in [1.165, 1.54) is 5.56 Å². The number of benzene rings is 1. The van der Waals surface area contributed by atoms with Crippen LogP contribution in [0.5, 0.6) is 5.75 Å². The van der Waals surface area contributed by atoms with Crippen molar-refractivity contribution in [3.05, 3.63) is 23.8 Å². The minimum absolute atomic E-state index is 0.104. The van der Waals surface area contributed by atoms with E-state index in [0.29, 0.717) is 6.54 Å². The highest BCUT2D eigenvalue weighted by atomic mass is 16.7. The first-order valence-electron chi connectivity index (χ1n) is 10.5. The Bertz CT molecular complexity index is 731. The van der Waals surface area contributed by atoms with Crippen LogP contribution < -0.4 is 10.2 Å². The van der Waals surface area contributed by atoms with Gasteiger partial charge in [-0.05, 0) is 58.6 Å². The number of rotatable bonds is 3. The van der Waals surface area contributed by atoms with Crippen LogP contribution in [-0.2, 0) is 15.7 Å². The normalized spacial score (nSPS) is 25.8. The van der Waals surface area contributed by atoms with Crippen molar-refractivity contribution >= 4 is 12.6 Å². The van der Waals surface area contributed by atoms with Gasteiger partial charge in [-0.25, -0.2) is 0 Å². The molecule has 0 atom stereocenters. The predicted octanol–water partition coefficient (Wildman–Crippen LogP) is 2.53. The van der Waals surface area contributed by atoms with E-state index in [-0.39, 0.29) is 23.9 Å². The SMILES string of the molecule is CC(C)(O)CN1CCC2(CC1)Cc1cc(B3OC(C)(C)C(C)(C)O3)ccc1O2. The van der Waals surface area contributed by atoms with Gasteiger partial charge in [0.2, 0.25) is 0 Å². The molecule has 1 aromatic rings. The first-order chi connectivity index (χ1) is 12.9.